The van der Waals surface area contributed by atoms with Crippen molar-refractivity contribution in [3.63, 3.8) is 0 Å². The maximum Gasteiger partial charge on any atom is 0.176 e. The molecule has 0 aliphatic heterocycles. The number of nitrogens with zero attached hydrogens (tertiary/aromatic N) is 4. The van der Waals surface area contributed by atoms with Crippen molar-refractivity contribution < 1.29 is 0 Å². The summed E-state index contributed by atoms with van der Waals surface area (Å²) in [5, 5.41) is 16.0. The molecule has 1 aliphatic carbocycles. The standard InChI is InChI=1S/C13H25N5/c1-3-9-14-12(11-7-5-4-6-8-11)10-13-15-17-18(2)16-13/h11-12,14H,3-10H2,1-2H3. The summed E-state index contributed by atoms with van der Waals surface area (Å²) in [6, 6.07) is 0.523. The van der Waals surface area contributed by atoms with Crippen molar-refractivity contribution in [2.75, 3.05) is 6.54 Å². The van der Waals surface area contributed by atoms with Crippen LogP contribution in [0.2, 0.25) is 0 Å². The van der Waals surface area contributed by atoms with Crippen LogP contribution in [-0.2, 0) is 13.5 Å². The lowest BCUT2D eigenvalue weighted by Gasteiger charge is -2.30. The highest BCUT2D eigenvalue weighted by Gasteiger charge is 2.24. The molecule has 0 saturated heterocycles. The van der Waals surface area contributed by atoms with E-state index >= 15 is 0 Å². The largest absolute Gasteiger partial charge is 0.313 e. The highest BCUT2D eigenvalue weighted by atomic mass is 15.6. The summed E-state index contributed by atoms with van der Waals surface area (Å²) in [6.45, 7) is 3.30. The maximum absolute atomic E-state index is 4.31. The molecule has 102 valence electrons. The van der Waals surface area contributed by atoms with Crippen LogP contribution in [0, 0.1) is 5.92 Å². The molecule has 1 aliphatic rings. The van der Waals surface area contributed by atoms with Crippen molar-refractivity contribution in [1.29, 1.82) is 0 Å². The molecule has 1 aromatic rings. The van der Waals surface area contributed by atoms with Crippen molar-refractivity contribution in [1.82, 2.24) is 25.5 Å². The van der Waals surface area contributed by atoms with E-state index < -0.39 is 0 Å². The molecule has 1 aromatic heterocycles. The Morgan fingerprint density at radius 2 is 2.11 bits per heavy atom. The molecule has 1 saturated carbocycles. The number of aromatic nitrogens is 4. The first-order valence-corrected chi connectivity index (χ1v) is 7.26. The van der Waals surface area contributed by atoms with E-state index in [1.165, 1.54) is 38.5 Å². The van der Waals surface area contributed by atoms with Crippen molar-refractivity contribution in [2.24, 2.45) is 13.0 Å². The molecule has 2 rings (SSSR count). The van der Waals surface area contributed by atoms with Crippen LogP contribution in [0.5, 0.6) is 0 Å². The van der Waals surface area contributed by atoms with Crippen molar-refractivity contribution in [3.05, 3.63) is 5.82 Å². The summed E-state index contributed by atoms with van der Waals surface area (Å²) in [5.41, 5.74) is 0. The van der Waals surface area contributed by atoms with Gasteiger partial charge in [-0.3, -0.25) is 0 Å². The summed E-state index contributed by atoms with van der Waals surface area (Å²) >= 11 is 0. The van der Waals surface area contributed by atoms with Gasteiger partial charge >= 0.3 is 0 Å². The average molecular weight is 251 g/mol. The zero-order chi connectivity index (χ0) is 12.8. The molecule has 1 fully saturated rings. The number of hydrogen-bond acceptors (Lipinski definition) is 4. The van der Waals surface area contributed by atoms with E-state index in [2.05, 4.69) is 27.7 Å². The Bertz CT molecular complexity index is 343. The molecule has 5 nitrogen and oxygen atoms in total. The molecule has 0 spiro atoms. The normalized spacial score (nSPS) is 19.0. The van der Waals surface area contributed by atoms with Gasteiger partial charge in [0.1, 0.15) is 0 Å². The summed E-state index contributed by atoms with van der Waals surface area (Å²) in [7, 11) is 1.82. The van der Waals surface area contributed by atoms with Gasteiger partial charge in [-0.15, -0.1) is 10.2 Å². The van der Waals surface area contributed by atoms with Crippen molar-refractivity contribution in [2.45, 2.75) is 57.9 Å². The lowest BCUT2D eigenvalue weighted by Crippen LogP contribution is -2.39. The smallest absolute Gasteiger partial charge is 0.176 e. The van der Waals surface area contributed by atoms with E-state index in [4.69, 9.17) is 0 Å². The molecule has 18 heavy (non-hydrogen) atoms. The third-order valence-electron chi connectivity index (χ3n) is 3.83. The van der Waals surface area contributed by atoms with Gasteiger partial charge in [-0.05, 0) is 36.9 Å². The first kappa shape index (κ1) is 13.5. The molecule has 1 atom stereocenters. The second kappa shape index (κ2) is 6.83. The van der Waals surface area contributed by atoms with Crippen molar-refractivity contribution >= 4 is 0 Å². The van der Waals surface area contributed by atoms with Crippen molar-refractivity contribution in [3.8, 4) is 0 Å². The monoisotopic (exact) mass is 251 g/mol. The Kier molecular flexibility index (Phi) is 5.11. The van der Waals surface area contributed by atoms with Crippen LogP contribution in [0.25, 0.3) is 0 Å². The number of aryl methyl sites for hydroxylation is 1. The van der Waals surface area contributed by atoms with Crippen LogP contribution >= 0.6 is 0 Å². The van der Waals surface area contributed by atoms with E-state index in [9.17, 15) is 0 Å². The number of hydrogen-bond donors (Lipinski definition) is 1. The molecular formula is C13H25N5. The zero-order valence-electron chi connectivity index (χ0n) is 11.6. The van der Waals surface area contributed by atoms with E-state index in [1.807, 2.05) is 7.05 Å². The Morgan fingerprint density at radius 1 is 1.33 bits per heavy atom. The van der Waals surface area contributed by atoms with E-state index in [0.717, 1.165) is 24.7 Å². The van der Waals surface area contributed by atoms with Gasteiger partial charge in [0.2, 0.25) is 0 Å². The SMILES string of the molecule is CCCNC(Cc1nnn(C)n1)C1CCCCC1. The highest BCUT2D eigenvalue weighted by molar-refractivity contribution is 4.89. The molecule has 0 aromatic carbocycles. The Labute approximate surface area is 109 Å². The van der Waals surface area contributed by atoms with Gasteiger partial charge in [0.25, 0.3) is 0 Å². The first-order chi connectivity index (χ1) is 8.79. The van der Waals surface area contributed by atoms with Crippen LogP contribution in [0.1, 0.15) is 51.3 Å². The zero-order valence-corrected chi connectivity index (χ0v) is 11.6. The second-order valence-corrected chi connectivity index (χ2v) is 5.36. The summed E-state index contributed by atoms with van der Waals surface area (Å²) in [4.78, 5) is 1.55. The first-order valence-electron chi connectivity index (χ1n) is 7.26. The third kappa shape index (κ3) is 3.77. The molecular weight excluding hydrogens is 226 g/mol. The van der Waals surface area contributed by atoms with Crippen LogP contribution in [-0.4, -0.2) is 32.8 Å². The van der Waals surface area contributed by atoms with Crippen LogP contribution in [0.3, 0.4) is 0 Å². The molecule has 1 heterocycles. The molecule has 1 unspecified atom stereocenters. The second-order valence-electron chi connectivity index (χ2n) is 5.36. The summed E-state index contributed by atoms with van der Waals surface area (Å²) < 4.78 is 0. The highest BCUT2D eigenvalue weighted by Crippen LogP contribution is 2.27. The molecule has 1 N–H and O–H groups in total. The maximum atomic E-state index is 4.31. The fraction of sp³-hybridized carbons (Fsp3) is 0.923. The Morgan fingerprint density at radius 3 is 2.72 bits per heavy atom. The van der Waals surface area contributed by atoms with Gasteiger partial charge in [0.15, 0.2) is 5.82 Å². The topological polar surface area (TPSA) is 55.6 Å². The van der Waals surface area contributed by atoms with Crippen LogP contribution in [0.4, 0.5) is 0 Å². The number of tetrazole rings is 1. The van der Waals surface area contributed by atoms with Gasteiger partial charge < -0.3 is 5.32 Å². The molecule has 5 heteroatoms. The number of nitrogens with one attached hydrogen (secondary N) is 1. The Hall–Kier alpha value is -0.970. The lowest BCUT2D eigenvalue weighted by molar-refractivity contribution is 0.264. The minimum atomic E-state index is 0.523. The fourth-order valence-electron chi connectivity index (χ4n) is 2.87. The van der Waals surface area contributed by atoms with Gasteiger partial charge in [-0.1, -0.05) is 26.2 Å². The number of rotatable bonds is 6. The lowest BCUT2D eigenvalue weighted by atomic mass is 9.82. The third-order valence-corrected chi connectivity index (χ3v) is 3.83. The summed E-state index contributed by atoms with van der Waals surface area (Å²) in [5.74, 6) is 1.66. The summed E-state index contributed by atoms with van der Waals surface area (Å²) in [6.07, 6.45) is 8.95. The fourth-order valence-corrected chi connectivity index (χ4v) is 2.87. The predicted octanol–water partition coefficient (Wildman–Crippen LogP) is 1.70. The van der Waals surface area contributed by atoms with Crippen LogP contribution < -0.4 is 5.32 Å². The molecule has 0 radical (unpaired) electrons. The average Bonchev–Trinajstić information content (AvgIpc) is 2.81. The predicted molar refractivity (Wildman–Crippen MR) is 71.2 cm³/mol. The van der Waals surface area contributed by atoms with Gasteiger partial charge in [0, 0.05) is 12.5 Å². The molecule has 0 amide bonds. The van der Waals surface area contributed by atoms with E-state index in [-0.39, 0.29) is 0 Å². The van der Waals surface area contributed by atoms with Crippen LogP contribution in [0.15, 0.2) is 0 Å². The van der Waals surface area contributed by atoms with Gasteiger partial charge in [0.05, 0.1) is 7.05 Å². The minimum absolute atomic E-state index is 0.523. The minimum Gasteiger partial charge on any atom is -0.313 e. The van der Waals surface area contributed by atoms with E-state index in [0.29, 0.717) is 6.04 Å². The Balaban J connectivity index is 1.94. The van der Waals surface area contributed by atoms with Gasteiger partial charge in [-0.25, -0.2) is 0 Å². The molecule has 0 bridgehead atoms. The van der Waals surface area contributed by atoms with E-state index in [1.54, 1.807) is 4.80 Å². The quantitative estimate of drug-likeness (QED) is 0.836. The van der Waals surface area contributed by atoms with Gasteiger partial charge in [-0.2, -0.15) is 4.80 Å².